The predicted octanol–water partition coefficient (Wildman–Crippen LogP) is 1.93. The smallest absolute Gasteiger partial charge is 0.269 e. The van der Waals surface area contributed by atoms with E-state index in [0.29, 0.717) is 18.7 Å². The van der Waals surface area contributed by atoms with Gasteiger partial charge in [-0.1, -0.05) is 12.1 Å². The molecule has 0 bridgehead atoms. The van der Waals surface area contributed by atoms with Gasteiger partial charge in [-0.2, -0.15) is 0 Å². The van der Waals surface area contributed by atoms with E-state index in [-0.39, 0.29) is 24.1 Å². The molecule has 0 radical (unpaired) electrons. The molecule has 21 heavy (non-hydrogen) atoms. The first-order chi connectivity index (χ1) is 10.0. The zero-order chi connectivity index (χ0) is 15.4. The SMILES string of the molecule is CC(C(=O)N1CCCC(CO)C1)c1cccc([N+](=O)[O-])c1. The summed E-state index contributed by atoms with van der Waals surface area (Å²) < 4.78 is 0. The average Bonchev–Trinajstić information content (AvgIpc) is 2.53. The number of aliphatic hydroxyl groups excluding tert-OH is 1. The maximum atomic E-state index is 12.5. The Kier molecular flexibility index (Phi) is 4.90. The fourth-order valence-electron chi connectivity index (χ4n) is 2.74. The molecular formula is C15H20N2O4. The maximum absolute atomic E-state index is 12.5. The second-order valence-electron chi connectivity index (χ2n) is 5.55. The molecule has 6 nitrogen and oxygen atoms in total. The van der Waals surface area contributed by atoms with Gasteiger partial charge in [-0.3, -0.25) is 14.9 Å². The molecule has 2 atom stereocenters. The van der Waals surface area contributed by atoms with Gasteiger partial charge < -0.3 is 10.0 Å². The molecule has 0 aromatic heterocycles. The first-order valence-electron chi connectivity index (χ1n) is 7.17. The fraction of sp³-hybridized carbons (Fsp3) is 0.533. The monoisotopic (exact) mass is 292 g/mol. The maximum Gasteiger partial charge on any atom is 0.269 e. The Bertz CT molecular complexity index is 532. The quantitative estimate of drug-likeness (QED) is 0.679. The van der Waals surface area contributed by atoms with Gasteiger partial charge in [0.15, 0.2) is 0 Å². The van der Waals surface area contributed by atoms with Gasteiger partial charge in [0.2, 0.25) is 5.91 Å². The predicted molar refractivity (Wildman–Crippen MR) is 77.9 cm³/mol. The molecule has 114 valence electrons. The van der Waals surface area contributed by atoms with E-state index in [0.717, 1.165) is 12.8 Å². The molecule has 2 rings (SSSR count). The zero-order valence-corrected chi connectivity index (χ0v) is 12.1. The van der Waals surface area contributed by atoms with Crippen molar-refractivity contribution in [2.75, 3.05) is 19.7 Å². The molecule has 1 saturated heterocycles. The van der Waals surface area contributed by atoms with Crippen molar-refractivity contribution in [1.29, 1.82) is 0 Å². The minimum Gasteiger partial charge on any atom is -0.396 e. The number of likely N-dealkylation sites (tertiary alicyclic amines) is 1. The average molecular weight is 292 g/mol. The summed E-state index contributed by atoms with van der Waals surface area (Å²) in [6, 6.07) is 6.21. The lowest BCUT2D eigenvalue weighted by molar-refractivity contribution is -0.384. The number of non-ortho nitro benzene ring substituents is 1. The van der Waals surface area contributed by atoms with Crippen LogP contribution in [-0.2, 0) is 4.79 Å². The molecule has 1 amide bonds. The van der Waals surface area contributed by atoms with Crippen LogP contribution in [0.15, 0.2) is 24.3 Å². The lowest BCUT2D eigenvalue weighted by atomic mass is 9.95. The molecule has 1 fully saturated rings. The van der Waals surface area contributed by atoms with Crippen LogP contribution in [0.4, 0.5) is 5.69 Å². The van der Waals surface area contributed by atoms with Crippen molar-refractivity contribution in [1.82, 2.24) is 4.90 Å². The van der Waals surface area contributed by atoms with Crippen LogP contribution in [0, 0.1) is 16.0 Å². The van der Waals surface area contributed by atoms with Crippen LogP contribution in [0.2, 0.25) is 0 Å². The van der Waals surface area contributed by atoms with Crippen LogP contribution in [0.3, 0.4) is 0 Å². The number of piperidine rings is 1. The standard InChI is InChI=1S/C15H20N2O4/c1-11(13-5-2-6-14(8-13)17(20)21)15(19)16-7-3-4-12(9-16)10-18/h2,5-6,8,11-12,18H,3-4,7,9-10H2,1H3. The fourth-order valence-corrected chi connectivity index (χ4v) is 2.74. The molecule has 1 heterocycles. The van der Waals surface area contributed by atoms with E-state index < -0.39 is 10.8 Å². The van der Waals surface area contributed by atoms with E-state index in [1.54, 1.807) is 24.0 Å². The van der Waals surface area contributed by atoms with Gasteiger partial charge in [0.25, 0.3) is 5.69 Å². The Hall–Kier alpha value is -1.95. The van der Waals surface area contributed by atoms with Gasteiger partial charge >= 0.3 is 0 Å². The molecule has 1 aliphatic rings. The largest absolute Gasteiger partial charge is 0.396 e. The van der Waals surface area contributed by atoms with Crippen LogP contribution in [0.1, 0.15) is 31.2 Å². The second-order valence-corrected chi connectivity index (χ2v) is 5.55. The summed E-state index contributed by atoms with van der Waals surface area (Å²) in [5, 5.41) is 20.0. The van der Waals surface area contributed by atoms with E-state index in [2.05, 4.69) is 0 Å². The highest BCUT2D eigenvalue weighted by atomic mass is 16.6. The lowest BCUT2D eigenvalue weighted by Gasteiger charge is -2.33. The number of nitrogens with zero attached hydrogens (tertiary/aromatic N) is 2. The highest BCUT2D eigenvalue weighted by Crippen LogP contribution is 2.25. The Morgan fingerprint density at radius 2 is 2.33 bits per heavy atom. The number of amides is 1. The van der Waals surface area contributed by atoms with E-state index in [4.69, 9.17) is 0 Å². The van der Waals surface area contributed by atoms with Crippen molar-refractivity contribution in [3.05, 3.63) is 39.9 Å². The van der Waals surface area contributed by atoms with Crippen molar-refractivity contribution >= 4 is 11.6 Å². The molecular weight excluding hydrogens is 272 g/mol. The minimum absolute atomic E-state index is 0.000899. The molecule has 1 N–H and O–H groups in total. The van der Waals surface area contributed by atoms with Gasteiger partial charge in [0.05, 0.1) is 10.8 Å². The number of carbonyl (C=O) groups excluding carboxylic acids is 1. The van der Waals surface area contributed by atoms with Gasteiger partial charge in [-0.05, 0) is 31.2 Å². The Labute approximate surface area is 123 Å². The molecule has 1 aromatic rings. The van der Waals surface area contributed by atoms with E-state index >= 15 is 0 Å². The Morgan fingerprint density at radius 3 is 3.00 bits per heavy atom. The summed E-state index contributed by atoms with van der Waals surface area (Å²) in [5.74, 6) is -0.309. The van der Waals surface area contributed by atoms with Crippen LogP contribution in [0.5, 0.6) is 0 Å². The Balaban J connectivity index is 2.11. The number of nitro benzene ring substituents is 1. The first-order valence-corrected chi connectivity index (χ1v) is 7.17. The highest BCUT2D eigenvalue weighted by molar-refractivity contribution is 5.83. The van der Waals surface area contributed by atoms with E-state index in [9.17, 15) is 20.0 Å². The van der Waals surface area contributed by atoms with Crippen LogP contribution in [-0.4, -0.2) is 40.5 Å². The summed E-state index contributed by atoms with van der Waals surface area (Å²) >= 11 is 0. The minimum atomic E-state index is -0.455. The summed E-state index contributed by atoms with van der Waals surface area (Å²) in [7, 11) is 0. The lowest BCUT2D eigenvalue weighted by Crippen LogP contribution is -2.42. The number of nitro groups is 1. The van der Waals surface area contributed by atoms with Crippen molar-refractivity contribution < 1.29 is 14.8 Å². The van der Waals surface area contributed by atoms with Gasteiger partial charge in [-0.15, -0.1) is 0 Å². The third-order valence-electron chi connectivity index (χ3n) is 4.04. The zero-order valence-electron chi connectivity index (χ0n) is 12.1. The third kappa shape index (κ3) is 3.58. The Morgan fingerprint density at radius 1 is 1.57 bits per heavy atom. The van der Waals surface area contributed by atoms with Gasteiger partial charge in [0, 0.05) is 31.8 Å². The van der Waals surface area contributed by atoms with Crippen molar-refractivity contribution in [2.45, 2.75) is 25.7 Å². The molecule has 2 unspecified atom stereocenters. The van der Waals surface area contributed by atoms with Crippen molar-refractivity contribution in [3.63, 3.8) is 0 Å². The number of aliphatic hydroxyl groups is 1. The third-order valence-corrected chi connectivity index (χ3v) is 4.04. The summed E-state index contributed by atoms with van der Waals surface area (Å²) in [6.07, 6.45) is 1.82. The topological polar surface area (TPSA) is 83.7 Å². The number of hydrogen-bond donors (Lipinski definition) is 1. The molecule has 0 saturated carbocycles. The number of rotatable bonds is 4. The van der Waals surface area contributed by atoms with Gasteiger partial charge in [0.1, 0.15) is 0 Å². The molecule has 6 heteroatoms. The summed E-state index contributed by atoms with van der Waals surface area (Å²) in [4.78, 5) is 24.6. The van der Waals surface area contributed by atoms with Crippen LogP contribution in [0.25, 0.3) is 0 Å². The number of benzene rings is 1. The van der Waals surface area contributed by atoms with E-state index in [1.165, 1.54) is 12.1 Å². The molecule has 1 aliphatic heterocycles. The molecule has 0 spiro atoms. The van der Waals surface area contributed by atoms with Gasteiger partial charge in [-0.25, -0.2) is 0 Å². The van der Waals surface area contributed by atoms with Crippen LogP contribution >= 0.6 is 0 Å². The molecule has 0 aliphatic carbocycles. The van der Waals surface area contributed by atoms with Crippen molar-refractivity contribution in [2.24, 2.45) is 5.92 Å². The van der Waals surface area contributed by atoms with Crippen molar-refractivity contribution in [3.8, 4) is 0 Å². The summed E-state index contributed by atoms with van der Waals surface area (Å²) in [6.45, 7) is 3.11. The second kappa shape index (κ2) is 6.67. The normalized spacial score (nSPS) is 20.1. The van der Waals surface area contributed by atoms with Crippen LogP contribution < -0.4 is 0 Å². The summed E-state index contributed by atoms with van der Waals surface area (Å²) in [5.41, 5.74) is 0.652. The first kappa shape index (κ1) is 15.4. The number of hydrogen-bond acceptors (Lipinski definition) is 4. The molecule has 1 aromatic carbocycles. The number of carbonyl (C=O) groups is 1. The van der Waals surface area contributed by atoms with E-state index in [1.807, 2.05) is 0 Å². The highest BCUT2D eigenvalue weighted by Gasteiger charge is 2.27.